The average Bonchev–Trinajstić information content (AvgIpc) is 2.76. The zero-order valence-corrected chi connectivity index (χ0v) is 22.0. The molecule has 11 heteroatoms. The molecule has 174 valence electrons. The van der Waals surface area contributed by atoms with Crippen molar-refractivity contribution in [1.29, 1.82) is 0 Å². The van der Waals surface area contributed by atoms with Crippen molar-refractivity contribution in [2.75, 3.05) is 5.32 Å². The van der Waals surface area contributed by atoms with Crippen molar-refractivity contribution in [3.63, 3.8) is 0 Å². The van der Waals surface area contributed by atoms with Gasteiger partial charge in [0.1, 0.15) is 5.82 Å². The molecular weight excluding hydrogens is 588 g/mol. The highest BCUT2D eigenvalue weighted by Gasteiger charge is 2.20. The van der Waals surface area contributed by atoms with Crippen LogP contribution in [0.15, 0.2) is 79.3 Å². The monoisotopic (exact) mass is 604 g/mol. The molecule has 34 heavy (non-hydrogen) atoms. The van der Waals surface area contributed by atoms with Gasteiger partial charge in [-0.05, 0) is 77.8 Å². The predicted molar refractivity (Wildman–Crippen MR) is 138 cm³/mol. The Labute approximate surface area is 212 Å². The number of para-hydroxylation sites is 1. The van der Waals surface area contributed by atoms with Crippen LogP contribution in [0.25, 0.3) is 16.6 Å². The Kier molecular flexibility index (Phi) is 6.61. The second kappa shape index (κ2) is 9.32. The number of rotatable bonds is 4. The Morgan fingerprint density at radius 3 is 2.38 bits per heavy atom. The fourth-order valence-electron chi connectivity index (χ4n) is 3.51. The van der Waals surface area contributed by atoms with E-state index >= 15 is 0 Å². The van der Waals surface area contributed by atoms with E-state index in [1.807, 2.05) is 10.8 Å². The third kappa shape index (κ3) is 4.77. The number of aryl methyl sites for hydroxylation is 2. The third-order valence-corrected chi connectivity index (χ3v) is 7.43. The third-order valence-electron chi connectivity index (χ3n) is 5.04. The molecule has 8 nitrogen and oxygen atoms in total. The van der Waals surface area contributed by atoms with Crippen molar-refractivity contribution in [2.24, 2.45) is 0 Å². The normalized spacial score (nSPS) is 11.4. The Bertz CT molecular complexity index is 1600. The zero-order chi connectivity index (χ0) is 24.6. The van der Waals surface area contributed by atoms with Crippen LogP contribution in [0.4, 0.5) is 10.5 Å². The highest BCUT2D eigenvalue weighted by atomic mass is 79.9. The summed E-state index contributed by atoms with van der Waals surface area (Å²) >= 11 is 6.83. The molecule has 1 aromatic heterocycles. The zero-order valence-electron chi connectivity index (χ0n) is 18.0. The second-order valence-electron chi connectivity index (χ2n) is 7.46. The Hall–Kier alpha value is -3.02. The van der Waals surface area contributed by atoms with E-state index in [9.17, 15) is 18.0 Å². The molecule has 0 bridgehead atoms. The van der Waals surface area contributed by atoms with E-state index in [1.165, 1.54) is 22.8 Å². The molecule has 4 rings (SSSR count). The number of amides is 2. The largest absolute Gasteiger partial charge is 0.333 e. The van der Waals surface area contributed by atoms with Crippen LogP contribution >= 0.6 is 31.9 Å². The number of nitrogens with zero attached hydrogens (tertiary/aromatic N) is 2. The molecule has 0 saturated carbocycles. The number of fused-ring (bicyclic) bond motifs is 1. The van der Waals surface area contributed by atoms with Crippen LogP contribution in [0, 0.1) is 13.8 Å². The smallest absolute Gasteiger partial charge is 0.307 e. The van der Waals surface area contributed by atoms with Crippen LogP contribution in [0.1, 0.15) is 11.4 Å². The van der Waals surface area contributed by atoms with E-state index in [-0.39, 0.29) is 10.5 Å². The summed E-state index contributed by atoms with van der Waals surface area (Å²) in [7, 11) is -4.14. The summed E-state index contributed by atoms with van der Waals surface area (Å²) in [5, 5.41) is 2.87. The van der Waals surface area contributed by atoms with Crippen LogP contribution in [-0.2, 0) is 10.0 Å². The maximum Gasteiger partial charge on any atom is 0.333 e. The first kappa shape index (κ1) is 24.1. The lowest BCUT2D eigenvalue weighted by Crippen LogP contribution is -2.34. The van der Waals surface area contributed by atoms with E-state index in [0.29, 0.717) is 38.1 Å². The van der Waals surface area contributed by atoms with Gasteiger partial charge in [0.2, 0.25) is 0 Å². The minimum Gasteiger partial charge on any atom is -0.307 e. The van der Waals surface area contributed by atoms with Gasteiger partial charge in [-0.3, -0.25) is 9.36 Å². The van der Waals surface area contributed by atoms with Crippen LogP contribution in [-0.4, -0.2) is 24.0 Å². The Morgan fingerprint density at radius 2 is 1.71 bits per heavy atom. The number of aromatic nitrogens is 2. The van der Waals surface area contributed by atoms with Crippen molar-refractivity contribution < 1.29 is 13.2 Å². The lowest BCUT2D eigenvalue weighted by molar-refractivity contribution is 0.256. The van der Waals surface area contributed by atoms with Gasteiger partial charge >= 0.3 is 6.03 Å². The SMILES string of the molecule is Cc1cc(S(=O)(=O)NC(=O)Nc2ccccc2)ccc1-n1c(C)nc2c(Br)cc(Br)cc2c1=O. The molecule has 0 aliphatic heterocycles. The molecule has 0 saturated heterocycles. The first-order chi connectivity index (χ1) is 16.1. The average molecular weight is 606 g/mol. The maximum absolute atomic E-state index is 13.3. The van der Waals surface area contributed by atoms with Crippen molar-refractivity contribution in [3.8, 4) is 5.69 Å². The highest BCUT2D eigenvalue weighted by Crippen LogP contribution is 2.27. The molecule has 0 atom stereocenters. The number of halogens is 2. The van der Waals surface area contributed by atoms with E-state index in [2.05, 4.69) is 42.2 Å². The molecule has 0 radical (unpaired) electrons. The first-order valence-corrected chi connectivity index (χ1v) is 13.0. The number of anilines is 1. The number of sulfonamides is 1. The fourth-order valence-corrected chi connectivity index (χ4v) is 5.82. The maximum atomic E-state index is 13.3. The molecule has 0 unspecified atom stereocenters. The van der Waals surface area contributed by atoms with Gasteiger partial charge in [-0.25, -0.2) is 22.9 Å². The number of urea groups is 1. The van der Waals surface area contributed by atoms with Gasteiger partial charge in [-0.15, -0.1) is 0 Å². The van der Waals surface area contributed by atoms with Crippen LogP contribution in [0.5, 0.6) is 0 Å². The fraction of sp³-hybridized carbons (Fsp3) is 0.0870. The van der Waals surface area contributed by atoms with Crippen molar-refractivity contribution in [1.82, 2.24) is 14.3 Å². The lowest BCUT2D eigenvalue weighted by atomic mass is 10.2. The standard InChI is InChI=1S/C23H18Br2N4O4S/c1-13-10-17(34(32,33)28-23(31)27-16-6-4-3-5-7-16)8-9-20(13)29-14(2)26-21-18(22(29)30)11-15(24)12-19(21)25/h3-12H,1-2H3,(H2,27,28,31). The quantitative estimate of drug-likeness (QED) is 0.339. The van der Waals surface area contributed by atoms with Gasteiger partial charge in [0.25, 0.3) is 15.6 Å². The summed E-state index contributed by atoms with van der Waals surface area (Å²) < 4.78 is 30.3. The summed E-state index contributed by atoms with van der Waals surface area (Å²) in [5.41, 5.74) is 1.71. The molecular formula is C23H18Br2N4O4S. The summed E-state index contributed by atoms with van der Waals surface area (Å²) in [6.07, 6.45) is 0. The van der Waals surface area contributed by atoms with E-state index in [0.717, 1.165) is 4.47 Å². The molecule has 2 N–H and O–H groups in total. The molecule has 0 fully saturated rings. The summed E-state index contributed by atoms with van der Waals surface area (Å²) in [6, 6.07) is 15.4. The summed E-state index contributed by atoms with van der Waals surface area (Å²) in [4.78, 5) is 29.9. The molecule has 3 aromatic carbocycles. The summed E-state index contributed by atoms with van der Waals surface area (Å²) in [6.45, 7) is 3.39. The predicted octanol–water partition coefficient (Wildman–Crippen LogP) is 5.04. The van der Waals surface area contributed by atoms with Crippen LogP contribution in [0.2, 0.25) is 0 Å². The van der Waals surface area contributed by atoms with E-state index < -0.39 is 16.1 Å². The Morgan fingerprint density at radius 1 is 1.00 bits per heavy atom. The van der Waals surface area contributed by atoms with Crippen molar-refractivity contribution in [2.45, 2.75) is 18.7 Å². The topological polar surface area (TPSA) is 110 Å². The van der Waals surface area contributed by atoms with Gasteiger partial charge in [0.05, 0.1) is 21.5 Å². The minimum absolute atomic E-state index is 0.109. The number of benzene rings is 3. The number of carbonyl (C=O) groups is 1. The molecule has 0 aliphatic rings. The van der Waals surface area contributed by atoms with Crippen molar-refractivity contribution >= 4 is 64.5 Å². The molecule has 0 spiro atoms. The van der Waals surface area contributed by atoms with Gasteiger partial charge in [-0.1, -0.05) is 34.1 Å². The van der Waals surface area contributed by atoms with Gasteiger partial charge in [-0.2, -0.15) is 0 Å². The number of hydrogen-bond acceptors (Lipinski definition) is 5. The first-order valence-electron chi connectivity index (χ1n) is 9.95. The lowest BCUT2D eigenvalue weighted by Gasteiger charge is -2.15. The molecule has 4 aromatic rings. The highest BCUT2D eigenvalue weighted by molar-refractivity contribution is 9.11. The van der Waals surface area contributed by atoms with Gasteiger partial charge in [0, 0.05) is 14.6 Å². The van der Waals surface area contributed by atoms with Crippen molar-refractivity contribution in [3.05, 3.63) is 91.4 Å². The van der Waals surface area contributed by atoms with Gasteiger partial charge < -0.3 is 5.32 Å². The molecule has 2 amide bonds. The van der Waals surface area contributed by atoms with Gasteiger partial charge in [0.15, 0.2) is 0 Å². The molecule has 1 heterocycles. The minimum atomic E-state index is -4.14. The second-order valence-corrected chi connectivity index (χ2v) is 10.9. The number of hydrogen-bond donors (Lipinski definition) is 2. The van der Waals surface area contributed by atoms with E-state index in [1.54, 1.807) is 50.2 Å². The number of nitrogens with one attached hydrogen (secondary N) is 2. The molecule has 0 aliphatic carbocycles. The van der Waals surface area contributed by atoms with Crippen LogP contribution in [0.3, 0.4) is 0 Å². The Balaban J connectivity index is 1.69. The van der Waals surface area contributed by atoms with Crippen LogP contribution < -0.4 is 15.6 Å². The van der Waals surface area contributed by atoms with E-state index in [4.69, 9.17) is 0 Å². The summed E-state index contributed by atoms with van der Waals surface area (Å²) in [5.74, 6) is 0.444. The number of carbonyl (C=O) groups excluding carboxylic acids is 1.